The van der Waals surface area contributed by atoms with E-state index in [9.17, 15) is 5.26 Å². The van der Waals surface area contributed by atoms with Crippen molar-refractivity contribution in [1.82, 2.24) is 4.98 Å². The van der Waals surface area contributed by atoms with Crippen LogP contribution >= 0.6 is 0 Å². The fourth-order valence-electron chi connectivity index (χ4n) is 6.76. The van der Waals surface area contributed by atoms with E-state index in [-0.39, 0.29) is 6.61 Å². The number of nitriles is 1. The van der Waals surface area contributed by atoms with E-state index in [1.165, 1.54) is 103 Å². The zero-order valence-electron chi connectivity index (χ0n) is 31.0. The SMILES string of the molecule is CCCCCCCCCCCCCCCCCCOC[C@H](COC(c1ccccc1)(c1ccccc1)c1ccccc1)Oc1ccc(C#N)cn1. The van der Waals surface area contributed by atoms with E-state index in [4.69, 9.17) is 14.2 Å². The van der Waals surface area contributed by atoms with E-state index in [1.807, 2.05) is 18.2 Å². The third kappa shape index (κ3) is 13.9. The van der Waals surface area contributed by atoms with Gasteiger partial charge in [0.15, 0.2) is 0 Å². The van der Waals surface area contributed by atoms with E-state index in [2.05, 4.69) is 90.8 Å². The van der Waals surface area contributed by atoms with Crippen LogP contribution in [-0.4, -0.2) is 30.9 Å². The summed E-state index contributed by atoms with van der Waals surface area (Å²) in [5, 5.41) is 9.26. The molecule has 5 nitrogen and oxygen atoms in total. The molecule has 5 heteroatoms. The molecule has 0 unspecified atom stereocenters. The summed E-state index contributed by atoms with van der Waals surface area (Å²) in [6.45, 7) is 3.60. The van der Waals surface area contributed by atoms with Crippen LogP contribution in [0.5, 0.6) is 5.88 Å². The lowest BCUT2D eigenvalue weighted by molar-refractivity contribution is -0.0564. The van der Waals surface area contributed by atoms with Crippen LogP contribution in [-0.2, 0) is 15.1 Å². The lowest BCUT2D eigenvalue weighted by Gasteiger charge is -2.37. The number of pyridine rings is 1. The molecular formula is C46H60N2O3. The molecule has 0 radical (unpaired) electrons. The highest BCUT2D eigenvalue weighted by Gasteiger charge is 2.38. The van der Waals surface area contributed by atoms with E-state index in [1.54, 1.807) is 12.1 Å². The van der Waals surface area contributed by atoms with Crippen LogP contribution in [0.15, 0.2) is 109 Å². The summed E-state index contributed by atoms with van der Waals surface area (Å²) in [7, 11) is 0. The Hall–Kier alpha value is -3.98. The molecule has 3 aromatic carbocycles. The second kappa shape index (κ2) is 24.2. The minimum Gasteiger partial charge on any atom is -0.469 e. The lowest BCUT2D eigenvalue weighted by atomic mass is 9.80. The molecule has 0 saturated heterocycles. The molecule has 1 aromatic heterocycles. The van der Waals surface area contributed by atoms with Crippen molar-refractivity contribution in [2.24, 2.45) is 0 Å². The molecule has 0 aliphatic heterocycles. The highest BCUT2D eigenvalue weighted by Crippen LogP contribution is 2.40. The van der Waals surface area contributed by atoms with Gasteiger partial charge in [0, 0.05) is 18.9 Å². The Morgan fingerprint density at radius 1 is 0.569 bits per heavy atom. The highest BCUT2D eigenvalue weighted by molar-refractivity contribution is 5.47. The molecule has 272 valence electrons. The summed E-state index contributed by atoms with van der Waals surface area (Å²) in [5.41, 5.74) is 2.73. The Kier molecular flexibility index (Phi) is 18.9. The van der Waals surface area contributed by atoms with E-state index in [0.717, 1.165) is 23.1 Å². The van der Waals surface area contributed by atoms with Crippen molar-refractivity contribution in [3.8, 4) is 11.9 Å². The minimum atomic E-state index is -0.864. The number of hydrogen-bond acceptors (Lipinski definition) is 5. The second-order valence-electron chi connectivity index (χ2n) is 13.7. The molecule has 4 aromatic rings. The zero-order valence-corrected chi connectivity index (χ0v) is 31.0. The van der Waals surface area contributed by atoms with Crippen LogP contribution in [0.2, 0.25) is 0 Å². The minimum absolute atomic E-state index is 0.263. The predicted octanol–water partition coefficient (Wildman–Crippen LogP) is 12.0. The third-order valence-corrected chi connectivity index (χ3v) is 9.63. The fourth-order valence-corrected chi connectivity index (χ4v) is 6.76. The number of nitrogens with zero attached hydrogens (tertiary/aromatic N) is 2. The molecule has 0 saturated carbocycles. The first kappa shape index (κ1) is 39.8. The Morgan fingerprint density at radius 3 is 1.43 bits per heavy atom. The maximum absolute atomic E-state index is 9.26. The first-order valence-corrected chi connectivity index (χ1v) is 19.7. The number of benzene rings is 3. The van der Waals surface area contributed by atoms with Crippen LogP contribution < -0.4 is 4.74 Å². The standard InChI is InChI=1S/C46H60N2O3/c1-2-3-4-5-6-7-8-9-10-11-12-13-14-15-16-26-35-49-38-44(51-45-34-33-40(36-47)37-48-45)39-50-46(41-27-20-17-21-28-41,42-29-22-18-23-30-42)43-31-24-19-25-32-43/h17-25,27-34,37,44H,2-16,26,35,38-39H2,1H3/t44-/m1/s1. The molecule has 1 heterocycles. The molecule has 4 rings (SSSR count). The van der Waals surface area contributed by atoms with Gasteiger partial charge in [-0.15, -0.1) is 0 Å². The van der Waals surface area contributed by atoms with Crippen LogP contribution in [0.4, 0.5) is 0 Å². The van der Waals surface area contributed by atoms with Gasteiger partial charge in [0.25, 0.3) is 0 Å². The maximum Gasteiger partial charge on any atom is 0.213 e. The first-order valence-electron chi connectivity index (χ1n) is 19.7. The Morgan fingerprint density at radius 2 is 1.02 bits per heavy atom. The molecule has 0 N–H and O–H groups in total. The Balaban J connectivity index is 1.27. The predicted molar refractivity (Wildman–Crippen MR) is 209 cm³/mol. The molecule has 0 aliphatic carbocycles. The van der Waals surface area contributed by atoms with Crippen molar-refractivity contribution >= 4 is 0 Å². The summed E-state index contributed by atoms with van der Waals surface area (Å²) in [5.74, 6) is 0.443. The van der Waals surface area contributed by atoms with Gasteiger partial charge in [0.1, 0.15) is 17.8 Å². The maximum atomic E-state index is 9.26. The van der Waals surface area contributed by atoms with Gasteiger partial charge in [-0.1, -0.05) is 194 Å². The lowest BCUT2D eigenvalue weighted by Crippen LogP contribution is -2.38. The highest BCUT2D eigenvalue weighted by atomic mass is 16.6. The number of unbranched alkanes of at least 4 members (excludes halogenated alkanes) is 15. The van der Waals surface area contributed by atoms with Crippen molar-refractivity contribution in [2.75, 3.05) is 19.8 Å². The van der Waals surface area contributed by atoms with Gasteiger partial charge in [0.05, 0.1) is 18.8 Å². The number of hydrogen-bond donors (Lipinski definition) is 0. The Bertz CT molecular complexity index is 1380. The van der Waals surface area contributed by atoms with Gasteiger partial charge in [-0.25, -0.2) is 4.98 Å². The fraction of sp³-hybridized carbons (Fsp3) is 0.478. The Labute approximate surface area is 308 Å². The topological polar surface area (TPSA) is 64.4 Å². The van der Waals surface area contributed by atoms with Crippen LogP contribution in [0.25, 0.3) is 0 Å². The molecule has 0 fully saturated rings. The quantitative estimate of drug-likeness (QED) is 0.0461. The van der Waals surface area contributed by atoms with Crippen LogP contribution in [0.1, 0.15) is 132 Å². The summed E-state index contributed by atoms with van der Waals surface area (Å²) in [4.78, 5) is 4.38. The normalized spacial score (nSPS) is 12.0. The molecule has 0 spiro atoms. The number of aromatic nitrogens is 1. The summed E-state index contributed by atoms with van der Waals surface area (Å²) < 4.78 is 19.7. The van der Waals surface area contributed by atoms with Crippen LogP contribution in [0.3, 0.4) is 0 Å². The van der Waals surface area contributed by atoms with Crippen molar-refractivity contribution in [1.29, 1.82) is 5.26 Å². The van der Waals surface area contributed by atoms with Gasteiger partial charge < -0.3 is 14.2 Å². The van der Waals surface area contributed by atoms with Crippen molar-refractivity contribution < 1.29 is 14.2 Å². The van der Waals surface area contributed by atoms with Crippen molar-refractivity contribution in [2.45, 2.75) is 121 Å². The van der Waals surface area contributed by atoms with Gasteiger partial charge >= 0.3 is 0 Å². The van der Waals surface area contributed by atoms with E-state index in [0.29, 0.717) is 24.7 Å². The van der Waals surface area contributed by atoms with Crippen molar-refractivity contribution in [3.05, 3.63) is 132 Å². The van der Waals surface area contributed by atoms with Gasteiger partial charge in [-0.3, -0.25) is 0 Å². The monoisotopic (exact) mass is 688 g/mol. The molecule has 0 bridgehead atoms. The third-order valence-electron chi connectivity index (χ3n) is 9.63. The molecule has 1 atom stereocenters. The zero-order chi connectivity index (χ0) is 35.7. The molecule has 51 heavy (non-hydrogen) atoms. The summed E-state index contributed by atoms with van der Waals surface area (Å²) >= 11 is 0. The summed E-state index contributed by atoms with van der Waals surface area (Å²) in [6, 6.07) is 36.7. The van der Waals surface area contributed by atoms with Gasteiger partial charge in [-0.2, -0.15) is 5.26 Å². The molecule has 0 amide bonds. The van der Waals surface area contributed by atoms with Crippen LogP contribution in [0, 0.1) is 11.3 Å². The number of ether oxygens (including phenoxy) is 3. The van der Waals surface area contributed by atoms with Gasteiger partial charge in [0.2, 0.25) is 5.88 Å². The largest absolute Gasteiger partial charge is 0.469 e. The van der Waals surface area contributed by atoms with E-state index >= 15 is 0 Å². The second-order valence-corrected chi connectivity index (χ2v) is 13.7. The van der Waals surface area contributed by atoms with E-state index < -0.39 is 11.7 Å². The molecule has 0 aliphatic rings. The van der Waals surface area contributed by atoms with Crippen molar-refractivity contribution in [3.63, 3.8) is 0 Å². The summed E-state index contributed by atoms with van der Waals surface area (Å²) in [6.07, 6.45) is 22.7. The number of rotatable bonds is 27. The first-order chi connectivity index (χ1) is 25.3. The molecular weight excluding hydrogens is 629 g/mol. The average Bonchev–Trinajstić information content (AvgIpc) is 3.19. The average molecular weight is 689 g/mol. The smallest absolute Gasteiger partial charge is 0.213 e. The van der Waals surface area contributed by atoms with Gasteiger partial charge in [-0.05, 0) is 29.2 Å².